The molecular weight excluding hydrogens is 444 g/mol. The van der Waals surface area contributed by atoms with Gasteiger partial charge in [0.05, 0.1) is 22.0 Å². The number of hydrogen-bond acceptors (Lipinski definition) is 6. The van der Waals surface area contributed by atoms with E-state index in [0.717, 1.165) is 32.1 Å². The molecule has 1 fully saturated rings. The minimum atomic E-state index is -0.605. The molecule has 3 aromatic rings. The standard InChI is InChI=1S/C24H21ClN4O4/c1-2-12-33-22-17(13-18(25)14-21(22)29(31)32)15-26-28-23(16-8-4-3-5-9-16)27-20-11-7-6-10-19(20)24(28)30/h1,6-7,10-11,13-16H,3-5,8-9,12H2. The Labute approximate surface area is 195 Å². The van der Waals surface area contributed by atoms with E-state index in [1.807, 2.05) is 12.1 Å². The van der Waals surface area contributed by atoms with Gasteiger partial charge in [0, 0.05) is 22.6 Å². The molecule has 2 aromatic carbocycles. The fourth-order valence-corrected chi connectivity index (χ4v) is 4.32. The molecule has 0 atom stereocenters. The predicted molar refractivity (Wildman–Crippen MR) is 127 cm³/mol. The molecule has 0 amide bonds. The normalized spacial score (nSPS) is 14.4. The van der Waals surface area contributed by atoms with Crippen LogP contribution in [0, 0.1) is 22.5 Å². The summed E-state index contributed by atoms with van der Waals surface area (Å²) in [6.07, 6.45) is 11.7. The van der Waals surface area contributed by atoms with Crippen LogP contribution in [-0.4, -0.2) is 27.4 Å². The largest absolute Gasteiger partial charge is 0.473 e. The third-order valence-electron chi connectivity index (χ3n) is 5.62. The highest BCUT2D eigenvalue weighted by Crippen LogP contribution is 2.34. The molecule has 9 heteroatoms. The van der Waals surface area contributed by atoms with Gasteiger partial charge in [0.2, 0.25) is 5.75 Å². The van der Waals surface area contributed by atoms with Crippen molar-refractivity contribution in [3.8, 4) is 18.1 Å². The molecule has 1 aliphatic rings. The van der Waals surface area contributed by atoms with Crippen LogP contribution in [0.5, 0.6) is 5.75 Å². The Hall–Kier alpha value is -3.70. The zero-order chi connectivity index (χ0) is 23.4. The van der Waals surface area contributed by atoms with Crippen LogP contribution < -0.4 is 10.3 Å². The Bertz CT molecular complexity index is 1340. The lowest BCUT2D eigenvalue weighted by Crippen LogP contribution is -2.25. The number of aromatic nitrogens is 2. The van der Waals surface area contributed by atoms with E-state index in [9.17, 15) is 14.9 Å². The second kappa shape index (κ2) is 9.84. The zero-order valence-corrected chi connectivity index (χ0v) is 18.5. The van der Waals surface area contributed by atoms with Crippen molar-refractivity contribution < 1.29 is 9.66 Å². The van der Waals surface area contributed by atoms with Crippen LogP contribution in [0.1, 0.15) is 49.4 Å². The van der Waals surface area contributed by atoms with E-state index in [1.165, 1.54) is 23.0 Å². The molecule has 0 saturated heterocycles. The van der Waals surface area contributed by atoms with Crippen molar-refractivity contribution in [1.29, 1.82) is 0 Å². The Morgan fingerprint density at radius 3 is 2.79 bits per heavy atom. The number of halogens is 1. The maximum Gasteiger partial charge on any atom is 0.313 e. The summed E-state index contributed by atoms with van der Waals surface area (Å²) < 4.78 is 6.73. The van der Waals surface area contributed by atoms with Crippen molar-refractivity contribution >= 4 is 34.4 Å². The lowest BCUT2D eigenvalue weighted by molar-refractivity contribution is -0.385. The number of rotatable bonds is 6. The number of ether oxygens (including phenoxy) is 1. The highest BCUT2D eigenvalue weighted by atomic mass is 35.5. The fourth-order valence-electron chi connectivity index (χ4n) is 4.10. The van der Waals surface area contributed by atoms with Gasteiger partial charge in [0.15, 0.2) is 0 Å². The van der Waals surface area contributed by atoms with Gasteiger partial charge in [-0.2, -0.15) is 9.78 Å². The minimum Gasteiger partial charge on any atom is -0.473 e. The van der Waals surface area contributed by atoms with Gasteiger partial charge in [-0.25, -0.2) is 4.98 Å². The van der Waals surface area contributed by atoms with Gasteiger partial charge in [-0.3, -0.25) is 14.9 Å². The topological polar surface area (TPSA) is 99.6 Å². The number of terminal acetylenes is 1. The molecule has 168 valence electrons. The Morgan fingerprint density at radius 2 is 2.06 bits per heavy atom. The molecule has 0 aliphatic heterocycles. The summed E-state index contributed by atoms with van der Waals surface area (Å²) in [6.45, 7) is -0.173. The maximum absolute atomic E-state index is 13.3. The van der Waals surface area contributed by atoms with Crippen molar-refractivity contribution in [3.05, 3.63) is 73.3 Å². The highest BCUT2D eigenvalue weighted by molar-refractivity contribution is 6.31. The molecule has 1 aromatic heterocycles. The van der Waals surface area contributed by atoms with Crippen molar-refractivity contribution in [2.75, 3.05) is 6.61 Å². The molecule has 1 saturated carbocycles. The fraction of sp³-hybridized carbons (Fsp3) is 0.292. The van der Waals surface area contributed by atoms with Crippen LogP contribution in [-0.2, 0) is 0 Å². The molecule has 0 radical (unpaired) electrons. The average Bonchev–Trinajstić information content (AvgIpc) is 2.82. The van der Waals surface area contributed by atoms with Crippen LogP contribution in [0.4, 0.5) is 5.69 Å². The lowest BCUT2D eigenvalue weighted by Gasteiger charge is -2.22. The number of fused-ring (bicyclic) bond motifs is 1. The van der Waals surface area contributed by atoms with Gasteiger partial charge < -0.3 is 4.74 Å². The Kier molecular flexibility index (Phi) is 6.71. The van der Waals surface area contributed by atoms with Crippen molar-refractivity contribution in [2.24, 2.45) is 5.10 Å². The number of hydrogen-bond donors (Lipinski definition) is 0. The second-order valence-electron chi connectivity index (χ2n) is 7.78. The first-order chi connectivity index (χ1) is 16.0. The number of benzene rings is 2. The summed E-state index contributed by atoms with van der Waals surface area (Å²) in [7, 11) is 0. The van der Waals surface area contributed by atoms with Crippen LogP contribution in [0.15, 0.2) is 46.3 Å². The summed E-state index contributed by atoms with van der Waals surface area (Å²) in [5.41, 5.74) is 0.209. The smallest absolute Gasteiger partial charge is 0.313 e. The number of nitro groups is 1. The molecule has 1 aliphatic carbocycles. The third kappa shape index (κ3) is 4.73. The van der Waals surface area contributed by atoms with E-state index in [1.54, 1.807) is 12.1 Å². The first kappa shape index (κ1) is 22.5. The molecular formula is C24H21ClN4O4. The van der Waals surface area contributed by atoms with Gasteiger partial charge >= 0.3 is 5.69 Å². The average molecular weight is 465 g/mol. The summed E-state index contributed by atoms with van der Waals surface area (Å²) in [5.74, 6) is 2.91. The van der Waals surface area contributed by atoms with Gasteiger partial charge in [-0.15, -0.1) is 6.42 Å². The SMILES string of the molecule is C#CCOc1c(C=Nn2c(C3CCCCC3)nc3ccccc3c2=O)cc(Cl)cc1[N+](=O)[O-]. The maximum atomic E-state index is 13.3. The van der Waals surface area contributed by atoms with E-state index in [2.05, 4.69) is 11.0 Å². The minimum absolute atomic E-state index is 0.0629. The second-order valence-corrected chi connectivity index (χ2v) is 8.21. The van der Waals surface area contributed by atoms with Gasteiger partial charge in [-0.1, -0.05) is 48.9 Å². The molecule has 0 spiro atoms. The van der Waals surface area contributed by atoms with Crippen LogP contribution in [0.2, 0.25) is 5.02 Å². The Morgan fingerprint density at radius 1 is 1.30 bits per heavy atom. The van der Waals surface area contributed by atoms with Crippen molar-refractivity contribution in [3.63, 3.8) is 0 Å². The molecule has 0 unspecified atom stereocenters. The van der Waals surface area contributed by atoms with Crippen LogP contribution in [0.3, 0.4) is 0 Å². The van der Waals surface area contributed by atoms with E-state index in [0.29, 0.717) is 16.7 Å². The molecule has 33 heavy (non-hydrogen) atoms. The van der Waals surface area contributed by atoms with Gasteiger partial charge in [0.25, 0.3) is 5.56 Å². The van der Waals surface area contributed by atoms with Gasteiger partial charge in [-0.05, 0) is 31.0 Å². The third-order valence-corrected chi connectivity index (χ3v) is 5.84. The quantitative estimate of drug-likeness (QED) is 0.223. The molecule has 4 rings (SSSR count). The monoisotopic (exact) mass is 464 g/mol. The van der Waals surface area contributed by atoms with Crippen LogP contribution in [0.25, 0.3) is 10.9 Å². The molecule has 0 bridgehead atoms. The lowest BCUT2D eigenvalue weighted by atomic mass is 9.88. The summed E-state index contributed by atoms with van der Waals surface area (Å²) >= 11 is 6.10. The number of nitrogens with zero attached hydrogens (tertiary/aromatic N) is 4. The van der Waals surface area contributed by atoms with Crippen molar-refractivity contribution in [1.82, 2.24) is 9.66 Å². The van der Waals surface area contributed by atoms with E-state index in [-0.39, 0.29) is 40.1 Å². The van der Waals surface area contributed by atoms with E-state index < -0.39 is 4.92 Å². The Balaban J connectivity index is 1.87. The zero-order valence-electron chi connectivity index (χ0n) is 17.7. The predicted octanol–water partition coefficient (Wildman–Crippen LogP) is 4.90. The van der Waals surface area contributed by atoms with E-state index in [4.69, 9.17) is 27.7 Å². The first-order valence-electron chi connectivity index (χ1n) is 10.6. The van der Waals surface area contributed by atoms with Gasteiger partial charge in [0.1, 0.15) is 12.4 Å². The highest BCUT2D eigenvalue weighted by Gasteiger charge is 2.23. The van der Waals surface area contributed by atoms with Crippen LogP contribution >= 0.6 is 11.6 Å². The number of para-hydroxylation sites is 1. The summed E-state index contributed by atoms with van der Waals surface area (Å²) in [6, 6.07) is 9.78. The first-order valence-corrected chi connectivity index (χ1v) is 11.0. The molecule has 0 N–H and O–H groups in total. The molecule has 8 nitrogen and oxygen atoms in total. The van der Waals surface area contributed by atoms with E-state index >= 15 is 0 Å². The van der Waals surface area contributed by atoms with Crippen molar-refractivity contribution in [2.45, 2.75) is 38.0 Å². The summed E-state index contributed by atoms with van der Waals surface area (Å²) in [4.78, 5) is 29.0. The molecule has 1 heterocycles. The number of nitro benzene ring substituents is 1. The summed E-state index contributed by atoms with van der Waals surface area (Å²) in [5, 5.41) is 16.5.